The fourth-order valence-corrected chi connectivity index (χ4v) is 2.40. The highest BCUT2D eigenvalue weighted by molar-refractivity contribution is 5.27. The summed E-state index contributed by atoms with van der Waals surface area (Å²) in [5.74, 6) is 2.16. The van der Waals surface area contributed by atoms with Gasteiger partial charge in [-0.3, -0.25) is 0 Å². The van der Waals surface area contributed by atoms with Crippen LogP contribution in [0.2, 0.25) is 0 Å². The van der Waals surface area contributed by atoms with Crippen LogP contribution in [-0.2, 0) is 13.0 Å². The Balaban J connectivity index is 1.56. The van der Waals surface area contributed by atoms with E-state index >= 15 is 0 Å². The van der Waals surface area contributed by atoms with E-state index in [9.17, 15) is 0 Å². The molecule has 0 saturated heterocycles. The lowest BCUT2D eigenvalue weighted by molar-refractivity contribution is 0.336. The molecule has 3 aromatic rings. The highest BCUT2D eigenvalue weighted by atomic mass is 16.5. The van der Waals surface area contributed by atoms with Crippen LogP contribution in [0, 0.1) is 0 Å². The molecule has 5 heteroatoms. The molecular weight excluding hydrogens is 302 g/mol. The van der Waals surface area contributed by atoms with Gasteiger partial charge in [-0.15, -0.1) is 0 Å². The lowest BCUT2D eigenvalue weighted by atomic mass is 10.1. The zero-order chi connectivity index (χ0) is 16.8. The van der Waals surface area contributed by atoms with Gasteiger partial charge in [0.25, 0.3) is 0 Å². The molecule has 124 valence electrons. The van der Waals surface area contributed by atoms with Gasteiger partial charge in [-0.05, 0) is 30.2 Å². The van der Waals surface area contributed by atoms with Gasteiger partial charge in [-0.2, -0.15) is 4.98 Å². The molecule has 1 aromatic heterocycles. The third-order valence-electron chi connectivity index (χ3n) is 3.83. The molecule has 1 atom stereocenters. The molecule has 0 bridgehead atoms. The van der Waals surface area contributed by atoms with Crippen LogP contribution in [-0.4, -0.2) is 17.3 Å². The van der Waals surface area contributed by atoms with E-state index in [1.165, 1.54) is 11.1 Å². The third kappa shape index (κ3) is 4.20. The molecule has 0 fully saturated rings. The van der Waals surface area contributed by atoms with Crippen LogP contribution in [0.5, 0.6) is 5.75 Å². The van der Waals surface area contributed by atoms with Crippen molar-refractivity contribution in [3.8, 4) is 5.75 Å². The van der Waals surface area contributed by atoms with E-state index < -0.39 is 0 Å². The van der Waals surface area contributed by atoms with Gasteiger partial charge in [0, 0.05) is 13.0 Å². The SMILES string of the molecule is COc1ccc(CNC(C)c2nc(Cc3ccccc3)no2)cc1. The van der Waals surface area contributed by atoms with Gasteiger partial charge in [0.05, 0.1) is 13.2 Å². The second-order valence-electron chi connectivity index (χ2n) is 5.66. The first-order chi connectivity index (χ1) is 11.7. The minimum absolute atomic E-state index is 0.0101. The molecule has 24 heavy (non-hydrogen) atoms. The van der Waals surface area contributed by atoms with Crippen LogP contribution >= 0.6 is 0 Å². The van der Waals surface area contributed by atoms with Crippen LogP contribution in [0.4, 0.5) is 0 Å². The average Bonchev–Trinajstić information content (AvgIpc) is 3.09. The Hall–Kier alpha value is -2.66. The number of nitrogens with zero attached hydrogens (tertiary/aromatic N) is 2. The minimum Gasteiger partial charge on any atom is -0.497 e. The number of rotatable bonds is 7. The van der Waals surface area contributed by atoms with Crippen molar-refractivity contribution in [1.82, 2.24) is 15.5 Å². The molecule has 3 rings (SSSR count). The number of ether oxygens (including phenoxy) is 1. The Morgan fingerprint density at radius 2 is 1.79 bits per heavy atom. The van der Waals surface area contributed by atoms with Crippen molar-refractivity contribution in [3.63, 3.8) is 0 Å². The number of hydrogen-bond donors (Lipinski definition) is 1. The van der Waals surface area contributed by atoms with Crippen LogP contribution in [0.1, 0.15) is 35.8 Å². The van der Waals surface area contributed by atoms with E-state index in [1.807, 2.05) is 49.4 Å². The second-order valence-corrected chi connectivity index (χ2v) is 5.66. The Labute approximate surface area is 141 Å². The summed E-state index contributed by atoms with van der Waals surface area (Å²) in [7, 11) is 1.66. The second kappa shape index (κ2) is 7.75. The number of methoxy groups -OCH3 is 1. The molecule has 0 aliphatic heterocycles. The van der Waals surface area contributed by atoms with Crippen LogP contribution < -0.4 is 10.1 Å². The zero-order valence-corrected chi connectivity index (χ0v) is 13.9. The quantitative estimate of drug-likeness (QED) is 0.721. The maximum absolute atomic E-state index is 5.38. The van der Waals surface area contributed by atoms with E-state index in [-0.39, 0.29) is 6.04 Å². The van der Waals surface area contributed by atoms with Crippen molar-refractivity contribution in [2.75, 3.05) is 7.11 Å². The molecule has 0 saturated carbocycles. The Bertz CT molecular complexity index is 754. The van der Waals surface area contributed by atoms with E-state index in [4.69, 9.17) is 9.26 Å². The largest absolute Gasteiger partial charge is 0.497 e. The summed E-state index contributed by atoms with van der Waals surface area (Å²) in [5.41, 5.74) is 2.34. The van der Waals surface area contributed by atoms with Gasteiger partial charge in [0.15, 0.2) is 5.82 Å². The summed E-state index contributed by atoms with van der Waals surface area (Å²) in [4.78, 5) is 4.48. The lowest BCUT2D eigenvalue weighted by Gasteiger charge is -2.09. The molecule has 1 unspecified atom stereocenters. The average molecular weight is 323 g/mol. The van der Waals surface area contributed by atoms with Gasteiger partial charge < -0.3 is 14.6 Å². The molecular formula is C19H21N3O2. The smallest absolute Gasteiger partial charge is 0.243 e. The summed E-state index contributed by atoms with van der Waals surface area (Å²) in [6, 6.07) is 18.1. The number of aromatic nitrogens is 2. The van der Waals surface area contributed by atoms with Crippen LogP contribution in [0.25, 0.3) is 0 Å². The van der Waals surface area contributed by atoms with Crippen LogP contribution in [0.15, 0.2) is 59.1 Å². The minimum atomic E-state index is -0.0101. The normalized spacial score (nSPS) is 12.1. The first kappa shape index (κ1) is 16.2. The first-order valence-corrected chi connectivity index (χ1v) is 7.97. The van der Waals surface area contributed by atoms with E-state index in [1.54, 1.807) is 7.11 Å². The lowest BCUT2D eigenvalue weighted by Crippen LogP contribution is -2.18. The highest BCUT2D eigenvalue weighted by Crippen LogP contribution is 2.15. The van der Waals surface area contributed by atoms with E-state index in [0.29, 0.717) is 18.1 Å². The topological polar surface area (TPSA) is 60.2 Å². The molecule has 0 amide bonds. The van der Waals surface area contributed by atoms with Gasteiger partial charge in [0.1, 0.15) is 5.75 Å². The predicted molar refractivity (Wildman–Crippen MR) is 91.8 cm³/mol. The fourth-order valence-electron chi connectivity index (χ4n) is 2.40. The van der Waals surface area contributed by atoms with E-state index in [2.05, 4.69) is 27.6 Å². The molecule has 5 nitrogen and oxygen atoms in total. The maximum Gasteiger partial charge on any atom is 0.243 e. The summed E-state index contributed by atoms with van der Waals surface area (Å²) in [5, 5.41) is 7.46. The van der Waals surface area contributed by atoms with Gasteiger partial charge in [-0.1, -0.05) is 47.6 Å². The predicted octanol–water partition coefficient (Wildman–Crippen LogP) is 3.52. The van der Waals surface area contributed by atoms with Crippen molar-refractivity contribution < 1.29 is 9.26 Å². The summed E-state index contributed by atoms with van der Waals surface area (Å²) < 4.78 is 10.5. The molecule has 0 aliphatic rings. The molecule has 1 heterocycles. The van der Waals surface area contributed by atoms with Gasteiger partial charge in [0.2, 0.25) is 5.89 Å². The van der Waals surface area contributed by atoms with Crippen molar-refractivity contribution in [3.05, 3.63) is 77.4 Å². The van der Waals surface area contributed by atoms with Gasteiger partial charge in [-0.25, -0.2) is 0 Å². The Morgan fingerprint density at radius 3 is 2.50 bits per heavy atom. The Kier molecular flexibility index (Phi) is 5.23. The zero-order valence-electron chi connectivity index (χ0n) is 13.9. The highest BCUT2D eigenvalue weighted by Gasteiger charge is 2.14. The fraction of sp³-hybridized carbons (Fsp3) is 0.263. The summed E-state index contributed by atoms with van der Waals surface area (Å²) in [6.45, 7) is 2.74. The standard InChI is InChI=1S/C19H21N3O2/c1-14(20-13-16-8-10-17(23-2)11-9-16)19-21-18(22-24-19)12-15-6-4-3-5-7-15/h3-11,14,20H,12-13H2,1-2H3. The van der Waals surface area contributed by atoms with Crippen LogP contribution in [0.3, 0.4) is 0 Å². The van der Waals surface area contributed by atoms with Crippen molar-refractivity contribution in [1.29, 1.82) is 0 Å². The molecule has 0 radical (unpaired) electrons. The number of nitrogens with one attached hydrogen (secondary N) is 1. The Morgan fingerprint density at radius 1 is 1.04 bits per heavy atom. The molecule has 1 N–H and O–H groups in total. The molecule has 2 aromatic carbocycles. The van der Waals surface area contributed by atoms with Crippen molar-refractivity contribution >= 4 is 0 Å². The monoisotopic (exact) mass is 323 g/mol. The number of benzene rings is 2. The number of hydrogen-bond acceptors (Lipinski definition) is 5. The summed E-state index contributed by atoms with van der Waals surface area (Å²) >= 11 is 0. The molecule has 0 spiro atoms. The maximum atomic E-state index is 5.38. The summed E-state index contributed by atoms with van der Waals surface area (Å²) in [6.07, 6.45) is 0.676. The first-order valence-electron chi connectivity index (χ1n) is 7.97. The third-order valence-corrected chi connectivity index (χ3v) is 3.83. The molecule has 0 aliphatic carbocycles. The van der Waals surface area contributed by atoms with Crippen molar-refractivity contribution in [2.24, 2.45) is 0 Å². The van der Waals surface area contributed by atoms with E-state index in [0.717, 1.165) is 12.3 Å². The van der Waals surface area contributed by atoms with Crippen molar-refractivity contribution in [2.45, 2.75) is 25.9 Å². The van der Waals surface area contributed by atoms with Gasteiger partial charge >= 0.3 is 0 Å².